The Kier molecular flexibility index (Phi) is 3.58. The molecule has 2 nitrogen and oxygen atoms in total. The topological polar surface area (TPSA) is 43.1 Å². The molecule has 1 aromatic rings. The first kappa shape index (κ1) is 11.9. The van der Waals surface area contributed by atoms with E-state index in [9.17, 15) is 9.18 Å². The SMILES string of the molecule is CC(C)(F)Cc1ccccc1C(=O)CN. The summed E-state index contributed by atoms with van der Waals surface area (Å²) in [6.45, 7) is 2.96. The molecule has 0 unspecified atom stereocenters. The summed E-state index contributed by atoms with van der Waals surface area (Å²) in [5.41, 5.74) is 5.23. The second kappa shape index (κ2) is 4.53. The number of carbonyl (C=O) groups is 1. The third-order valence-electron chi connectivity index (χ3n) is 2.11. The minimum atomic E-state index is -1.31. The molecule has 15 heavy (non-hydrogen) atoms. The lowest BCUT2D eigenvalue weighted by Crippen LogP contribution is -2.20. The quantitative estimate of drug-likeness (QED) is 0.772. The molecule has 0 spiro atoms. The lowest BCUT2D eigenvalue weighted by Gasteiger charge is -2.16. The molecule has 0 amide bonds. The summed E-state index contributed by atoms with van der Waals surface area (Å²) < 4.78 is 13.5. The highest BCUT2D eigenvalue weighted by Gasteiger charge is 2.19. The average Bonchev–Trinajstić information content (AvgIpc) is 2.15. The summed E-state index contributed by atoms with van der Waals surface area (Å²) in [7, 11) is 0. The van der Waals surface area contributed by atoms with Crippen molar-refractivity contribution in [3.8, 4) is 0 Å². The van der Waals surface area contributed by atoms with Crippen LogP contribution < -0.4 is 5.73 Å². The van der Waals surface area contributed by atoms with Gasteiger partial charge in [-0.05, 0) is 19.4 Å². The number of nitrogens with two attached hydrogens (primary N) is 1. The van der Waals surface area contributed by atoms with E-state index in [2.05, 4.69) is 0 Å². The molecule has 3 heteroatoms. The molecule has 1 aromatic carbocycles. The van der Waals surface area contributed by atoms with Crippen LogP contribution in [0.5, 0.6) is 0 Å². The van der Waals surface area contributed by atoms with Crippen LogP contribution in [0.2, 0.25) is 0 Å². The summed E-state index contributed by atoms with van der Waals surface area (Å²) in [6.07, 6.45) is 0.231. The highest BCUT2D eigenvalue weighted by molar-refractivity contribution is 5.98. The standard InChI is InChI=1S/C12H16FNO/c1-12(2,13)7-9-5-3-4-6-10(9)11(15)8-14/h3-6H,7-8,14H2,1-2H3. The molecule has 0 bridgehead atoms. The van der Waals surface area contributed by atoms with Crippen LogP contribution >= 0.6 is 0 Å². The summed E-state index contributed by atoms with van der Waals surface area (Å²) in [5.74, 6) is -0.144. The zero-order valence-corrected chi connectivity index (χ0v) is 9.09. The van der Waals surface area contributed by atoms with Gasteiger partial charge in [0.05, 0.1) is 6.54 Å². The Labute approximate surface area is 89.3 Å². The second-order valence-corrected chi connectivity index (χ2v) is 4.18. The molecule has 0 heterocycles. The molecule has 0 saturated heterocycles. The fraction of sp³-hybridized carbons (Fsp3) is 0.417. The zero-order valence-electron chi connectivity index (χ0n) is 9.09. The minimum Gasteiger partial charge on any atom is -0.324 e. The Morgan fingerprint density at radius 3 is 2.53 bits per heavy atom. The maximum Gasteiger partial charge on any atom is 0.176 e. The van der Waals surface area contributed by atoms with Gasteiger partial charge < -0.3 is 5.73 Å². The van der Waals surface area contributed by atoms with E-state index in [1.807, 2.05) is 0 Å². The number of hydrogen-bond donors (Lipinski definition) is 1. The Morgan fingerprint density at radius 1 is 1.40 bits per heavy atom. The van der Waals surface area contributed by atoms with Crippen LogP contribution in [0.4, 0.5) is 4.39 Å². The molecule has 0 aromatic heterocycles. The molecule has 82 valence electrons. The number of halogens is 1. The predicted molar refractivity (Wildman–Crippen MR) is 58.7 cm³/mol. The number of rotatable bonds is 4. The van der Waals surface area contributed by atoms with E-state index >= 15 is 0 Å². The number of carbonyl (C=O) groups excluding carboxylic acids is 1. The highest BCUT2D eigenvalue weighted by Crippen LogP contribution is 2.19. The number of ketones is 1. The van der Waals surface area contributed by atoms with Crippen molar-refractivity contribution in [2.45, 2.75) is 25.9 Å². The first-order chi connectivity index (χ1) is 6.94. The van der Waals surface area contributed by atoms with Gasteiger partial charge >= 0.3 is 0 Å². The average molecular weight is 209 g/mol. The van der Waals surface area contributed by atoms with E-state index in [0.29, 0.717) is 5.56 Å². The molecule has 0 fully saturated rings. The predicted octanol–water partition coefficient (Wildman–Crippen LogP) is 2.12. The fourth-order valence-electron chi connectivity index (χ4n) is 1.51. The van der Waals surface area contributed by atoms with Gasteiger partial charge in [-0.25, -0.2) is 4.39 Å². The first-order valence-corrected chi connectivity index (χ1v) is 4.94. The molecule has 0 saturated carbocycles. The first-order valence-electron chi connectivity index (χ1n) is 4.94. The van der Waals surface area contributed by atoms with Gasteiger partial charge in [0.1, 0.15) is 5.67 Å². The summed E-state index contributed by atoms with van der Waals surface area (Å²) in [6, 6.07) is 7.02. The van der Waals surface area contributed by atoms with Crippen molar-refractivity contribution in [3.63, 3.8) is 0 Å². The zero-order chi connectivity index (χ0) is 11.5. The van der Waals surface area contributed by atoms with Gasteiger partial charge in [-0.3, -0.25) is 4.79 Å². The van der Waals surface area contributed by atoms with Crippen molar-refractivity contribution < 1.29 is 9.18 Å². The van der Waals surface area contributed by atoms with Crippen molar-refractivity contribution in [1.29, 1.82) is 0 Å². The van der Waals surface area contributed by atoms with Crippen LogP contribution in [-0.4, -0.2) is 18.0 Å². The Hall–Kier alpha value is -1.22. The molecule has 0 radical (unpaired) electrons. The number of hydrogen-bond acceptors (Lipinski definition) is 2. The Bertz CT molecular complexity index is 355. The molecule has 0 aliphatic rings. The van der Waals surface area contributed by atoms with E-state index < -0.39 is 5.67 Å². The maximum atomic E-state index is 13.5. The van der Waals surface area contributed by atoms with Gasteiger partial charge in [0.15, 0.2) is 5.78 Å². The number of Topliss-reactive ketones (excluding diaryl/α,β-unsaturated/α-hetero) is 1. The van der Waals surface area contributed by atoms with Crippen LogP contribution in [0.25, 0.3) is 0 Å². The van der Waals surface area contributed by atoms with Gasteiger partial charge in [-0.2, -0.15) is 0 Å². The summed E-state index contributed by atoms with van der Waals surface area (Å²) in [5, 5.41) is 0. The number of alkyl halides is 1. The molecule has 2 N–H and O–H groups in total. The lowest BCUT2D eigenvalue weighted by molar-refractivity contribution is 0.0999. The molecular formula is C12H16FNO. The van der Waals surface area contributed by atoms with Crippen LogP contribution in [0, 0.1) is 0 Å². The lowest BCUT2D eigenvalue weighted by atomic mass is 9.94. The van der Waals surface area contributed by atoms with E-state index in [0.717, 1.165) is 5.56 Å². The van der Waals surface area contributed by atoms with Crippen molar-refractivity contribution in [2.75, 3.05) is 6.54 Å². The molecule has 0 aliphatic heterocycles. The fourth-order valence-corrected chi connectivity index (χ4v) is 1.51. The summed E-state index contributed by atoms with van der Waals surface area (Å²) in [4.78, 5) is 11.5. The smallest absolute Gasteiger partial charge is 0.176 e. The third kappa shape index (κ3) is 3.44. The Morgan fingerprint density at radius 2 is 2.00 bits per heavy atom. The van der Waals surface area contributed by atoms with E-state index in [4.69, 9.17) is 5.73 Å². The van der Waals surface area contributed by atoms with Crippen molar-refractivity contribution in [2.24, 2.45) is 5.73 Å². The number of benzene rings is 1. The van der Waals surface area contributed by atoms with Crippen LogP contribution in [0.15, 0.2) is 24.3 Å². The molecule has 1 rings (SSSR count). The largest absolute Gasteiger partial charge is 0.324 e. The van der Waals surface area contributed by atoms with Crippen molar-refractivity contribution in [3.05, 3.63) is 35.4 Å². The van der Waals surface area contributed by atoms with Gasteiger partial charge in [0, 0.05) is 12.0 Å². The molecule has 0 aliphatic carbocycles. The van der Waals surface area contributed by atoms with Gasteiger partial charge in [-0.15, -0.1) is 0 Å². The van der Waals surface area contributed by atoms with Crippen molar-refractivity contribution in [1.82, 2.24) is 0 Å². The normalized spacial score (nSPS) is 11.5. The summed E-state index contributed by atoms with van der Waals surface area (Å²) >= 11 is 0. The minimum absolute atomic E-state index is 0.0380. The van der Waals surface area contributed by atoms with Crippen LogP contribution in [-0.2, 0) is 6.42 Å². The van der Waals surface area contributed by atoms with Gasteiger partial charge in [-0.1, -0.05) is 24.3 Å². The van der Waals surface area contributed by atoms with Crippen LogP contribution in [0.3, 0.4) is 0 Å². The van der Waals surface area contributed by atoms with Crippen LogP contribution in [0.1, 0.15) is 29.8 Å². The van der Waals surface area contributed by atoms with E-state index in [-0.39, 0.29) is 18.7 Å². The Balaban J connectivity index is 3.02. The monoisotopic (exact) mass is 209 g/mol. The van der Waals surface area contributed by atoms with Gasteiger partial charge in [0.25, 0.3) is 0 Å². The molecule has 0 atom stereocenters. The second-order valence-electron chi connectivity index (χ2n) is 4.18. The van der Waals surface area contributed by atoms with E-state index in [1.54, 1.807) is 24.3 Å². The third-order valence-corrected chi connectivity index (χ3v) is 2.11. The van der Waals surface area contributed by atoms with Gasteiger partial charge in [0.2, 0.25) is 0 Å². The maximum absolute atomic E-state index is 13.5. The van der Waals surface area contributed by atoms with E-state index in [1.165, 1.54) is 13.8 Å². The molecular weight excluding hydrogens is 193 g/mol. The van der Waals surface area contributed by atoms with Crippen molar-refractivity contribution >= 4 is 5.78 Å². The highest BCUT2D eigenvalue weighted by atomic mass is 19.1.